The Labute approximate surface area is 116 Å². The van der Waals surface area contributed by atoms with Crippen molar-refractivity contribution in [2.75, 3.05) is 6.54 Å². The van der Waals surface area contributed by atoms with Crippen molar-refractivity contribution in [3.05, 3.63) is 29.7 Å². The molecule has 1 aromatic heterocycles. The highest BCUT2D eigenvalue weighted by Gasteiger charge is 2.46. The molecule has 1 saturated carbocycles. The zero-order valence-electron chi connectivity index (χ0n) is 11.2. The van der Waals surface area contributed by atoms with Crippen LogP contribution in [0.5, 0.6) is 0 Å². The number of hydrogen-bond acceptors (Lipinski definition) is 4. The fourth-order valence-corrected chi connectivity index (χ4v) is 3.69. The maximum Gasteiger partial charge on any atom is 0.251 e. The van der Waals surface area contributed by atoms with E-state index in [0.29, 0.717) is 22.6 Å². The minimum absolute atomic E-state index is 0.142. The van der Waals surface area contributed by atoms with Gasteiger partial charge in [-0.3, -0.25) is 4.79 Å². The quantitative estimate of drug-likeness (QED) is 0.874. The van der Waals surface area contributed by atoms with Crippen molar-refractivity contribution in [1.82, 2.24) is 10.3 Å². The Balaban J connectivity index is 1.85. The Morgan fingerprint density at radius 3 is 3.25 bits per heavy atom. The van der Waals surface area contributed by atoms with Gasteiger partial charge in [0.15, 0.2) is 5.58 Å². The summed E-state index contributed by atoms with van der Waals surface area (Å²) in [4.78, 5) is 16.1. The molecule has 3 N–H and O–H groups in total. The second-order valence-electron chi connectivity index (χ2n) is 5.96. The van der Waals surface area contributed by atoms with Crippen LogP contribution < -0.4 is 11.1 Å². The summed E-state index contributed by atoms with van der Waals surface area (Å²) in [6.07, 6.45) is 4.59. The zero-order valence-corrected chi connectivity index (χ0v) is 11.2. The minimum atomic E-state index is -0.464. The van der Waals surface area contributed by atoms with E-state index in [4.69, 9.17) is 10.2 Å². The fraction of sp³-hybridized carbons (Fsp3) is 0.467. The minimum Gasteiger partial charge on any atom is -0.439 e. The van der Waals surface area contributed by atoms with Crippen LogP contribution in [0.25, 0.3) is 11.1 Å². The molecule has 5 heteroatoms. The summed E-state index contributed by atoms with van der Waals surface area (Å²) in [5, 5.41) is 3.59. The monoisotopic (exact) mass is 271 g/mol. The number of aromatic nitrogens is 1. The van der Waals surface area contributed by atoms with Gasteiger partial charge in [0.2, 0.25) is 5.89 Å². The van der Waals surface area contributed by atoms with Gasteiger partial charge in [-0.2, -0.15) is 0 Å². The number of carbonyl (C=O) groups excluding carboxylic acids is 1. The van der Waals surface area contributed by atoms with E-state index in [-0.39, 0.29) is 5.54 Å². The highest BCUT2D eigenvalue weighted by atomic mass is 16.4. The molecule has 2 heterocycles. The standard InChI is InChI=1S/C15H17N3O2/c16-13(19)10-4-1-5-11-12(10)18-14(20-11)15-6-2-3-9(7-15)8-17-15/h1,4-5,9,17H,2-3,6-8H2,(H2,16,19)/t9-,15+/m0/s1. The smallest absolute Gasteiger partial charge is 0.251 e. The number of nitrogens with one attached hydrogen (secondary N) is 1. The molecule has 104 valence electrons. The number of nitrogens with zero attached hydrogens (tertiary/aromatic N) is 1. The van der Waals surface area contributed by atoms with Gasteiger partial charge in [-0.1, -0.05) is 12.5 Å². The summed E-state index contributed by atoms with van der Waals surface area (Å²) >= 11 is 0. The lowest BCUT2D eigenvalue weighted by Crippen LogP contribution is -2.37. The van der Waals surface area contributed by atoms with Gasteiger partial charge < -0.3 is 15.5 Å². The summed E-state index contributed by atoms with van der Waals surface area (Å²) in [6.45, 7) is 1.03. The Kier molecular flexibility index (Phi) is 2.41. The van der Waals surface area contributed by atoms with Crippen molar-refractivity contribution in [2.24, 2.45) is 11.7 Å². The Bertz CT molecular complexity index is 689. The van der Waals surface area contributed by atoms with E-state index >= 15 is 0 Å². The van der Waals surface area contributed by atoms with E-state index in [1.807, 2.05) is 6.07 Å². The highest BCUT2D eigenvalue weighted by molar-refractivity contribution is 6.03. The highest BCUT2D eigenvalue weighted by Crippen LogP contribution is 2.44. The number of benzene rings is 1. The number of fused-ring (bicyclic) bond motifs is 3. The van der Waals surface area contributed by atoms with Crippen LogP contribution in [0.15, 0.2) is 22.6 Å². The van der Waals surface area contributed by atoms with Crippen molar-refractivity contribution in [1.29, 1.82) is 0 Å². The normalized spacial score (nSPS) is 28.9. The summed E-state index contributed by atoms with van der Waals surface area (Å²) < 4.78 is 5.94. The number of primary amides is 1. The van der Waals surface area contributed by atoms with E-state index < -0.39 is 5.91 Å². The number of carbonyl (C=O) groups is 1. The van der Waals surface area contributed by atoms with Gasteiger partial charge in [-0.15, -0.1) is 0 Å². The molecule has 0 spiro atoms. The van der Waals surface area contributed by atoms with Gasteiger partial charge >= 0.3 is 0 Å². The van der Waals surface area contributed by atoms with E-state index in [9.17, 15) is 4.79 Å². The van der Waals surface area contributed by atoms with E-state index in [2.05, 4.69) is 10.3 Å². The molecule has 2 fully saturated rings. The van der Waals surface area contributed by atoms with Crippen LogP contribution >= 0.6 is 0 Å². The Hall–Kier alpha value is -1.88. The lowest BCUT2D eigenvalue weighted by molar-refractivity contribution is 0.100. The predicted molar refractivity (Wildman–Crippen MR) is 74.2 cm³/mol. The molecule has 2 aromatic rings. The molecular weight excluding hydrogens is 254 g/mol. The van der Waals surface area contributed by atoms with Crippen molar-refractivity contribution >= 4 is 17.0 Å². The second-order valence-corrected chi connectivity index (χ2v) is 5.96. The molecule has 1 aromatic carbocycles. The summed E-state index contributed by atoms with van der Waals surface area (Å²) in [5.41, 5.74) is 6.92. The molecule has 0 unspecified atom stereocenters. The molecule has 2 atom stereocenters. The van der Waals surface area contributed by atoms with Crippen molar-refractivity contribution in [2.45, 2.75) is 31.2 Å². The number of para-hydroxylation sites is 1. The third-order valence-corrected chi connectivity index (χ3v) is 4.68. The molecule has 1 saturated heterocycles. The summed E-state index contributed by atoms with van der Waals surface area (Å²) in [5.74, 6) is 0.964. The SMILES string of the molecule is NC(=O)c1cccc2oc([C@]34CCC[C@H](CN3)C4)nc12. The van der Waals surface area contributed by atoms with Crippen LogP contribution in [0.2, 0.25) is 0 Å². The summed E-state index contributed by atoms with van der Waals surface area (Å²) in [6, 6.07) is 5.31. The Morgan fingerprint density at radius 2 is 2.40 bits per heavy atom. The lowest BCUT2D eigenvalue weighted by atomic mass is 9.80. The van der Waals surface area contributed by atoms with E-state index in [1.165, 1.54) is 12.8 Å². The molecule has 1 aliphatic carbocycles. The molecule has 20 heavy (non-hydrogen) atoms. The largest absolute Gasteiger partial charge is 0.439 e. The van der Waals surface area contributed by atoms with Gasteiger partial charge in [0.1, 0.15) is 5.52 Å². The lowest BCUT2D eigenvalue weighted by Gasteiger charge is -2.29. The summed E-state index contributed by atoms with van der Waals surface area (Å²) in [7, 11) is 0. The number of rotatable bonds is 2. The molecule has 5 nitrogen and oxygen atoms in total. The number of oxazole rings is 1. The van der Waals surface area contributed by atoms with Gasteiger partial charge in [0, 0.05) is 0 Å². The first-order valence-corrected chi connectivity index (χ1v) is 7.13. The predicted octanol–water partition coefficient (Wildman–Crippen LogP) is 1.92. The van der Waals surface area contributed by atoms with E-state index in [1.54, 1.807) is 12.1 Å². The average molecular weight is 271 g/mol. The topological polar surface area (TPSA) is 81.2 Å². The molecule has 0 radical (unpaired) electrons. The van der Waals surface area contributed by atoms with Crippen molar-refractivity contribution in [3.8, 4) is 0 Å². The number of hydrogen-bond donors (Lipinski definition) is 2. The van der Waals surface area contributed by atoms with Crippen LogP contribution in [0, 0.1) is 5.92 Å². The van der Waals surface area contributed by atoms with Crippen LogP contribution in [0.4, 0.5) is 0 Å². The van der Waals surface area contributed by atoms with Crippen LogP contribution in [-0.4, -0.2) is 17.4 Å². The first-order valence-electron chi connectivity index (χ1n) is 7.13. The maximum absolute atomic E-state index is 11.5. The molecule has 1 amide bonds. The average Bonchev–Trinajstić information content (AvgIpc) is 3.00. The molecule has 1 aliphatic heterocycles. The fourth-order valence-electron chi connectivity index (χ4n) is 3.69. The maximum atomic E-state index is 11.5. The van der Waals surface area contributed by atoms with Crippen LogP contribution in [0.1, 0.15) is 41.9 Å². The van der Waals surface area contributed by atoms with Crippen molar-refractivity contribution in [3.63, 3.8) is 0 Å². The zero-order chi connectivity index (χ0) is 13.7. The van der Waals surface area contributed by atoms with Crippen LogP contribution in [-0.2, 0) is 5.54 Å². The van der Waals surface area contributed by atoms with E-state index in [0.717, 1.165) is 25.3 Å². The number of amides is 1. The molecule has 4 rings (SSSR count). The first-order chi connectivity index (χ1) is 9.68. The van der Waals surface area contributed by atoms with Gasteiger partial charge in [-0.25, -0.2) is 4.98 Å². The van der Waals surface area contributed by atoms with Crippen molar-refractivity contribution < 1.29 is 9.21 Å². The molecule has 2 aliphatic rings. The molecular formula is C15H17N3O2. The first kappa shape index (κ1) is 11.9. The molecule has 2 bridgehead atoms. The van der Waals surface area contributed by atoms with Gasteiger partial charge in [-0.05, 0) is 43.9 Å². The Morgan fingerprint density at radius 1 is 1.50 bits per heavy atom. The van der Waals surface area contributed by atoms with Crippen LogP contribution in [0.3, 0.4) is 0 Å². The second kappa shape index (κ2) is 4.06. The van der Waals surface area contributed by atoms with Gasteiger partial charge in [0.25, 0.3) is 5.91 Å². The van der Waals surface area contributed by atoms with Gasteiger partial charge in [0.05, 0.1) is 11.1 Å². The third-order valence-electron chi connectivity index (χ3n) is 4.68. The number of nitrogens with two attached hydrogens (primary N) is 1. The third kappa shape index (κ3) is 1.59.